The Hall–Kier alpha value is -2.44. The summed E-state index contributed by atoms with van der Waals surface area (Å²) in [6.45, 7) is 0.952. The molecule has 134 valence electrons. The zero-order chi connectivity index (χ0) is 18.4. The van der Waals surface area contributed by atoms with Crippen LogP contribution in [-0.4, -0.2) is 30.4 Å². The number of allylic oxidation sites excluding steroid dienone is 1. The van der Waals surface area contributed by atoms with Crippen molar-refractivity contribution in [3.63, 3.8) is 0 Å². The van der Waals surface area contributed by atoms with Gasteiger partial charge >= 0.3 is 12.6 Å². The number of nitrogens with zero attached hydrogens (tertiary/aromatic N) is 1. The number of carbonyl (C=O) groups is 2. The van der Waals surface area contributed by atoms with Crippen molar-refractivity contribution in [1.82, 2.24) is 10.2 Å². The molecule has 0 unspecified atom stereocenters. The molecule has 2 aliphatic rings. The SMILES string of the molecule is CN1C(=O)N[C@@H](c2ccccc2OC(F)F)C2=C1CC(C)(C)CC2=O. The molecule has 1 heterocycles. The van der Waals surface area contributed by atoms with Gasteiger partial charge in [-0.15, -0.1) is 0 Å². The molecule has 7 heteroatoms. The van der Waals surface area contributed by atoms with E-state index in [0.29, 0.717) is 29.7 Å². The first-order valence-corrected chi connectivity index (χ1v) is 8.04. The fraction of sp³-hybridized carbons (Fsp3) is 0.444. The third-order valence-corrected chi connectivity index (χ3v) is 4.61. The Morgan fingerprint density at radius 3 is 2.60 bits per heavy atom. The van der Waals surface area contributed by atoms with Gasteiger partial charge in [0, 0.05) is 30.3 Å². The number of ketones is 1. The van der Waals surface area contributed by atoms with E-state index in [9.17, 15) is 18.4 Å². The minimum Gasteiger partial charge on any atom is -0.434 e. The van der Waals surface area contributed by atoms with Gasteiger partial charge in [-0.1, -0.05) is 32.0 Å². The fourth-order valence-electron chi connectivity index (χ4n) is 3.50. The normalized spacial score (nSPS) is 22.8. The van der Waals surface area contributed by atoms with Gasteiger partial charge in [0.05, 0.1) is 6.04 Å². The van der Waals surface area contributed by atoms with E-state index in [-0.39, 0.29) is 23.0 Å². The Morgan fingerprint density at radius 2 is 1.92 bits per heavy atom. The van der Waals surface area contributed by atoms with Crippen LogP contribution in [0.5, 0.6) is 5.75 Å². The third-order valence-electron chi connectivity index (χ3n) is 4.61. The molecule has 1 aromatic carbocycles. The quantitative estimate of drug-likeness (QED) is 0.906. The highest BCUT2D eigenvalue weighted by molar-refractivity contribution is 6.01. The number of benzene rings is 1. The van der Waals surface area contributed by atoms with Crippen LogP contribution in [0.25, 0.3) is 0 Å². The maximum Gasteiger partial charge on any atom is 0.387 e. The molecule has 3 rings (SSSR count). The summed E-state index contributed by atoms with van der Waals surface area (Å²) in [5, 5.41) is 2.74. The Morgan fingerprint density at radius 1 is 1.24 bits per heavy atom. The third kappa shape index (κ3) is 3.23. The van der Waals surface area contributed by atoms with Crippen molar-refractivity contribution in [3.05, 3.63) is 41.1 Å². The molecule has 5 nitrogen and oxygen atoms in total. The summed E-state index contributed by atoms with van der Waals surface area (Å²) in [5.41, 5.74) is 1.18. The molecule has 2 amide bonds. The minimum absolute atomic E-state index is 0.0446. The lowest BCUT2D eigenvalue weighted by Gasteiger charge is -2.42. The number of amides is 2. The highest BCUT2D eigenvalue weighted by Gasteiger charge is 2.43. The van der Waals surface area contributed by atoms with Gasteiger partial charge in [-0.3, -0.25) is 4.79 Å². The lowest BCUT2D eigenvalue weighted by Crippen LogP contribution is -2.49. The average molecular weight is 350 g/mol. The van der Waals surface area contributed by atoms with Gasteiger partial charge in [0.15, 0.2) is 5.78 Å². The van der Waals surface area contributed by atoms with Gasteiger partial charge in [0.1, 0.15) is 5.75 Å². The van der Waals surface area contributed by atoms with E-state index in [1.54, 1.807) is 25.2 Å². The number of rotatable bonds is 3. The van der Waals surface area contributed by atoms with E-state index in [0.717, 1.165) is 0 Å². The Balaban J connectivity index is 2.12. The Labute approximate surface area is 144 Å². The number of carbonyl (C=O) groups excluding carboxylic acids is 2. The maximum absolute atomic E-state index is 12.8. The van der Waals surface area contributed by atoms with Gasteiger partial charge < -0.3 is 15.0 Å². The monoisotopic (exact) mass is 350 g/mol. The van der Waals surface area contributed by atoms with Crippen LogP contribution in [-0.2, 0) is 4.79 Å². The number of nitrogens with one attached hydrogen (secondary N) is 1. The van der Waals surface area contributed by atoms with E-state index in [2.05, 4.69) is 10.1 Å². The molecule has 1 aliphatic heterocycles. The Kier molecular flexibility index (Phi) is 4.26. The van der Waals surface area contributed by atoms with Gasteiger partial charge in [0.25, 0.3) is 0 Å². The minimum atomic E-state index is -2.99. The van der Waals surface area contributed by atoms with E-state index >= 15 is 0 Å². The average Bonchev–Trinajstić information content (AvgIpc) is 2.50. The van der Waals surface area contributed by atoms with Crippen LogP contribution in [0, 0.1) is 5.41 Å². The van der Waals surface area contributed by atoms with Crippen molar-refractivity contribution in [2.45, 2.75) is 39.3 Å². The summed E-state index contributed by atoms with van der Waals surface area (Å²) < 4.78 is 30.0. The number of alkyl halides is 2. The number of ether oxygens (including phenoxy) is 1. The second-order valence-corrected chi connectivity index (χ2v) is 7.16. The van der Waals surface area contributed by atoms with Crippen LogP contribution in [0.1, 0.15) is 38.3 Å². The summed E-state index contributed by atoms with van der Waals surface area (Å²) in [7, 11) is 1.61. The summed E-state index contributed by atoms with van der Waals surface area (Å²) in [6, 6.07) is 5.06. The smallest absolute Gasteiger partial charge is 0.387 e. The molecule has 0 aromatic heterocycles. The highest BCUT2D eigenvalue weighted by atomic mass is 19.3. The summed E-state index contributed by atoms with van der Waals surface area (Å²) >= 11 is 0. The standard InChI is InChI=1S/C18H20F2N2O3/c1-18(2)8-11-14(12(23)9-18)15(21-17(24)22(11)3)10-6-4-5-7-13(10)25-16(19)20/h4-7,15-16H,8-9H2,1-3H3,(H,21,24)/t15-/m0/s1. The Bertz CT molecular complexity index is 758. The summed E-state index contributed by atoms with van der Waals surface area (Å²) in [4.78, 5) is 26.6. The highest BCUT2D eigenvalue weighted by Crippen LogP contribution is 2.45. The second-order valence-electron chi connectivity index (χ2n) is 7.16. The van der Waals surface area contributed by atoms with Gasteiger partial charge in [-0.2, -0.15) is 8.78 Å². The first-order valence-electron chi connectivity index (χ1n) is 8.04. The number of Topliss-reactive ketones (excluding diaryl/α,β-unsaturated/α-hetero) is 1. The first-order chi connectivity index (χ1) is 11.7. The number of urea groups is 1. The second kappa shape index (κ2) is 6.13. The zero-order valence-corrected chi connectivity index (χ0v) is 14.3. The number of hydrogen-bond acceptors (Lipinski definition) is 3. The summed E-state index contributed by atoms with van der Waals surface area (Å²) in [5.74, 6) is -0.133. The molecule has 25 heavy (non-hydrogen) atoms. The molecular formula is C18H20F2N2O3. The van der Waals surface area contributed by atoms with Crippen LogP contribution in [0.15, 0.2) is 35.5 Å². The van der Waals surface area contributed by atoms with Crippen molar-refractivity contribution in [2.24, 2.45) is 5.41 Å². The number of hydrogen-bond donors (Lipinski definition) is 1. The predicted octanol–water partition coefficient (Wildman–Crippen LogP) is 3.63. The van der Waals surface area contributed by atoms with Gasteiger partial charge in [-0.25, -0.2) is 4.79 Å². The molecule has 1 N–H and O–H groups in total. The van der Waals surface area contributed by atoms with Crippen LogP contribution < -0.4 is 10.1 Å². The molecule has 1 aliphatic carbocycles. The number of halogens is 2. The van der Waals surface area contributed by atoms with Crippen LogP contribution in [0.3, 0.4) is 0 Å². The molecule has 1 aromatic rings. The molecule has 0 saturated heterocycles. The first kappa shape index (κ1) is 17.4. The topological polar surface area (TPSA) is 58.6 Å². The summed E-state index contributed by atoms with van der Waals surface area (Å²) in [6.07, 6.45) is 0.899. The van der Waals surface area contributed by atoms with Crippen LogP contribution in [0.4, 0.5) is 13.6 Å². The van der Waals surface area contributed by atoms with Crippen LogP contribution in [0.2, 0.25) is 0 Å². The lowest BCUT2D eigenvalue weighted by atomic mass is 9.72. The molecule has 0 bridgehead atoms. The zero-order valence-electron chi connectivity index (χ0n) is 14.3. The molecule has 0 spiro atoms. The van der Waals surface area contributed by atoms with Crippen molar-refractivity contribution >= 4 is 11.8 Å². The molecular weight excluding hydrogens is 330 g/mol. The van der Waals surface area contributed by atoms with Gasteiger partial charge in [-0.05, 0) is 17.9 Å². The maximum atomic E-state index is 12.8. The van der Waals surface area contributed by atoms with Crippen molar-refractivity contribution in [1.29, 1.82) is 0 Å². The van der Waals surface area contributed by atoms with Crippen LogP contribution >= 0.6 is 0 Å². The van der Waals surface area contributed by atoms with E-state index in [4.69, 9.17) is 0 Å². The molecule has 0 radical (unpaired) electrons. The van der Waals surface area contributed by atoms with Crippen molar-refractivity contribution in [2.75, 3.05) is 7.05 Å². The lowest BCUT2D eigenvalue weighted by molar-refractivity contribution is -0.118. The number of para-hydroxylation sites is 1. The molecule has 0 saturated carbocycles. The fourth-order valence-corrected chi connectivity index (χ4v) is 3.50. The molecule has 0 fully saturated rings. The van der Waals surface area contributed by atoms with Gasteiger partial charge in [0.2, 0.25) is 0 Å². The molecule has 1 atom stereocenters. The predicted molar refractivity (Wildman–Crippen MR) is 87.2 cm³/mol. The van der Waals surface area contributed by atoms with E-state index in [1.165, 1.54) is 11.0 Å². The van der Waals surface area contributed by atoms with E-state index < -0.39 is 12.7 Å². The largest absolute Gasteiger partial charge is 0.434 e. The van der Waals surface area contributed by atoms with Crippen molar-refractivity contribution < 1.29 is 23.1 Å². The van der Waals surface area contributed by atoms with Crippen molar-refractivity contribution in [3.8, 4) is 5.75 Å². The van der Waals surface area contributed by atoms with E-state index in [1.807, 2.05) is 13.8 Å².